The van der Waals surface area contributed by atoms with E-state index < -0.39 is 0 Å². The predicted octanol–water partition coefficient (Wildman–Crippen LogP) is 2.07. The summed E-state index contributed by atoms with van der Waals surface area (Å²) in [6.45, 7) is 4.36. The molecule has 1 aromatic heterocycles. The van der Waals surface area contributed by atoms with E-state index in [0.29, 0.717) is 0 Å². The van der Waals surface area contributed by atoms with E-state index in [1.165, 1.54) is 0 Å². The van der Waals surface area contributed by atoms with Crippen LogP contribution in [0.4, 0.5) is 5.95 Å². The fraction of sp³-hybridized carbons (Fsp3) is 0.389. The van der Waals surface area contributed by atoms with E-state index in [0.717, 1.165) is 61.6 Å². The molecule has 0 atom stereocenters. The summed E-state index contributed by atoms with van der Waals surface area (Å²) in [7, 11) is 1.82. The number of hydrogen-bond acceptors (Lipinski definition) is 4. The van der Waals surface area contributed by atoms with E-state index in [-0.39, 0.29) is 0 Å². The Kier molecular flexibility index (Phi) is 6.06. The van der Waals surface area contributed by atoms with Gasteiger partial charge in [0.2, 0.25) is 5.95 Å². The minimum atomic E-state index is 0.795. The lowest BCUT2D eigenvalue weighted by atomic mass is 10.1. The highest BCUT2D eigenvalue weighted by molar-refractivity contribution is 6.31. The van der Waals surface area contributed by atoms with Crippen molar-refractivity contribution >= 4 is 23.5 Å². The van der Waals surface area contributed by atoms with Crippen LogP contribution in [0.15, 0.2) is 47.7 Å². The summed E-state index contributed by atoms with van der Waals surface area (Å²) in [5, 5.41) is 4.25. The number of halogens is 1. The molecule has 1 aromatic carbocycles. The van der Waals surface area contributed by atoms with Gasteiger partial charge in [0.05, 0.1) is 0 Å². The van der Waals surface area contributed by atoms with Crippen molar-refractivity contribution in [1.82, 2.24) is 20.2 Å². The standard InChI is InChI=1S/C18H23ClN6/c1-20-17(23-10-7-15-5-2-3-6-16(15)19)24-11-13-25(14-12-24)18-21-8-4-9-22-18/h2-6,8-9H,7,10-14H2,1H3,(H,20,23). The fourth-order valence-corrected chi connectivity index (χ4v) is 3.15. The Morgan fingerprint density at radius 2 is 1.84 bits per heavy atom. The van der Waals surface area contributed by atoms with Crippen LogP contribution in [0.1, 0.15) is 5.56 Å². The monoisotopic (exact) mass is 358 g/mol. The molecule has 0 unspecified atom stereocenters. The first-order valence-corrected chi connectivity index (χ1v) is 8.86. The molecule has 7 heteroatoms. The van der Waals surface area contributed by atoms with Crippen LogP contribution in [0.25, 0.3) is 0 Å². The molecule has 2 heterocycles. The highest BCUT2D eigenvalue weighted by atomic mass is 35.5. The summed E-state index contributed by atoms with van der Waals surface area (Å²) in [5.74, 6) is 1.73. The zero-order chi connectivity index (χ0) is 17.5. The molecule has 1 N–H and O–H groups in total. The van der Waals surface area contributed by atoms with Crippen LogP contribution in [0.2, 0.25) is 5.02 Å². The number of piperazine rings is 1. The number of benzene rings is 1. The minimum absolute atomic E-state index is 0.795. The van der Waals surface area contributed by atoms with Gasteiger partial charge < -0.3 is 15.1 Å². The molecule has 2 aromatic rings. The lowest BCUT2D eigenvalue weighted by Gasteiger charge is -2.36. The molecule has 6 nitrogen and oxygen atoms in total. The molecule has 25 heavy (non-hydrogen) atoms. The average molecular weight is 359 g/mol. The number of aromatic nitrogens is 2. The maximum absolute atomic E-state index is 6.21. The van der Waals surface area contributed by atoms with Gasteiger partial charge in [0.25, 0.3) is 0 Å². The van der Waals surface area contributed by atoms with Crippen LogP contribution in [-0.4, -0.2) is 60.6 Å². The second kappa shape index (κ2) is 8.67. The topological polar surface area (TPSA) is 56.7 Å². The van der Waals surface area contributed by atoms with E-state index >= 15 is 0 Å². The maximum Gasteiger partial charge on any atom is 0.225 e. The van der Waals surface area contributed by atoms with Gasteiger partial charge in [-0.15, -0.1) is 0 Å². The number of hydrogen-bond donors (Lipinski definition) is 1. The Morgan fingerprint density at radius 3 is 2.52 bits per heavy atom. The van der Waals surface area contributed by atoms with Crippen molar-refractivity contribution in [3.8, 4) is 0 Å². The summed E-state index contributed by atoms with van der Waals surface area (Å²) in [5.41, 5.74) is 1.15. The lowest BCUT2D eigenvalue weighted by molar-refractivity contribution is 0.370. The van der Waals surface area contributed by atoms with Gasteiger partial charge in [0.1, 0.15) is 0 Å². The van der Waals surface area contributed by atoms with Gasteiger partial charge >= 0.3 is 0 Å². The Balaban J connectivity index is 1.49. The second-order valence-electron chi connectivity index (χ2n) is 5.84. The third kappa shape index (κ3) is 4.60. The van der Waals surface area contributed by atoms with Crippen molar-refractivity contribution in [1.29, 1.82) is 0 Å². The number of nitrogens with one attached hydrogen (secondary N) is 1. The van der Waals surface area contributed by atoms with Gasteiger partial charge in [-0.3, -0.25) is 4.99 Å². The van der Waals surface area contributed by atoms with Crippen LogP contribution in [0, 0.1) is 0 Å². The smallest absolute Gasteiger partial charge is 0.225 e. The zero-order valence-corrected chi connectivity index (χ0v) is 15.2. The fourth-order valence-electron chi connectivity index (χ4n) is 2.92. The average Bonchev–Trinajstić information content (AvgIpc) is 2.67. The molecule has 1 aliphatic heterocycles. The van der Waals surface area contributed by atoms with Gasteiger partial charge in [0.15, 0.2) is 5.96 Å². The molecule has 1 saturated heterocycles. The van der Waals surface area contributed by atoms with E-state index in [9.17, 15) is 0 Å². The third-order valence-electron chi connectivity index (χ3n) is 4.26. The van der Waals surface area contributed by atoms with Crippen molar-refractivity contribution in [3.05, 3.63) is 53.3 Å². The summed E-state index contributed by atoms with van der Waals surface area (Å²) in [6.07, 6.45) is 4.43. The second-order valence-corrected chi connectivity index (χ2v) is 6.25. The number of nitrogens with zero attached hydrogens (tertiary/aromatic N) is 5. The van der Waals surface area contributed by atoms with Gasteiger partial charge in [-0.25, -0.2) is 9.97 Å². The first-order chi connectivity index (χ1) is 12.3. The number of guanidine groups is 1. The van der Waals surface area contributed by atoms with Crippen molar-refractivity contribution in [2.75, 3.05) is 44.7 Å². The van der Waals surface area contributed by atoms with E-state index in [1.807, 2.05) is 31.3 Å². The van der Waals surface area contributed by atoms with E-state index in [4.69, 9.17) is 11.6 Å². The Morgan fingerprint density at radius 1 is 1.12 bits per heavy atom. The quantitative estimate of drug-likeness (QED) is 0.669. The Hall–Kier alpha value is -2.34. The number of rotatable bonds is 4. The normalized spacial score (nSPS) is 15.4. The molecule has 0 saturated carbocycles. The SMILES string of the molecule is CN=C(NCCc1ccccc1Cl)N1CCN(c2ncccn2)CC1. The maximum atomic E-state index is 6.21. The zero-order valence-electron chi connectivity index (χ0n) is 14.4. The van der Waals surface area contributed by atoms with Gasteiger partial charge in [-0.2, -0.15) is 0 Å². The van der Waals surface area contributed by atoms with Gasteiger partial charge in [0, 0.05) is 57.2 Å². The number of aliphatic imine (C=N–C) groups is 1. The van der Waals surface area contributed by atoms with Gasteiger partial charge in [-0.1, -0.05) is 29.8 Å². The van der Waals surface area contributed by atoms with Crippen molar-refractivity contribution in [3.63, 3.8) is 0 Å². The highest BCUT2D eigenvalue weighted by Crippen LogP contribution is 2.15. The number of anilines is 1. The van der Waals surface area contributed by atoms with Crippen molar-refractivity contribution in [2.45, 2.75) is 6.42 Å². The molecule has 0 amide bonds. The first kappa shape index (κ1) is 17.5. The molecule has 1 fully saturated rings. The summed E-state index contributed by atoms with van der Waals surface area (Å²) in [6, 6.07) is 9.79. The largest absolute Gasteiger partial charge is 0.356 e. The molecular weight excluding hydrogens is 336 g/mol. The van der Waals surface area contributed by atoms with Gasteiger partial charge in [-0.05, 0) is 24.1 Å². The molecule has 0 bridgehead atoms. The molecule has 3 rings (SSSR count). The van der Waals surface area contributed by atoms with Crippen LogP contribution >= 0.6 is 11.6 Å². The first-order valence-electron chi connectivity index (χ1n) is 8.49. The Bertz CT molecular complexity index is 698. The molecule has 0 radical (unpaired) electrons. The molecule has 132 valence electrons. The van der Waals surface area contributed by atoms with Crippen LogP contribution in [0.3, 0.4) is 0 Å². The van der Waals surface area contributed by atoms with Crippen LogP contribution in [0.5, 0.6) is 0 Å². The Labute approximate surface area is 153 Å². The predicted molar refractivity (Wildman–Crippen MR) is 102 cm³/mol. The lowest BCUT2D eigenvalue weighted by Crippen LogP contribution is -2.53. The molecule has 0 aliphatic carbocycles. The third-order valence-corrected chi connectivity index (χ3v) is 4.63. The molecule has 0 spiro atoms. The van der Waals surface area contributed by atoms with Crippen LogP contribution < -0.4 is 10.2 Å². The molecule has 1 aliphatic rings. The van der Waals surface area contributed by atoms with E-state index in [1.54, 1.807) is 12.4 Å². The summed E-state index contributed by atoms with van der Waals surface area (Å²) >= 11 is 6.21. The van der Waals surface area contributed by atoms with Crippen molar-refractivity contribution < 1.29 is 0 Å². The van der Waals surface area contributed by atoms with Crippen molar-refractivity contribution in [2.24, 2.45) is 4.99 Å². The summed E-state index contributed by atoms with van der Waals surface area (Å²) < 4.78 is 0. The highest BCUT2D eigenvalue weighted by Gasteiger charge is 2.20. The molecular formula is C18H23ClN6. The minimum Gasteiger partial charge on any atom is -0.356 e. The summed E-state index contributed by atoms with van der Waals surface area (Å²) in [4.78, 5) is 17.5. The van der Waals surface area contributed by atoms with E-state index in [2.05, 4.69) is 36.1 Å². The van der Waals surface area contributed by atoms with Crippen LogP contribution in [-0.2, 0) is 6.42 Å².